The summed E-state index contributed by atoms with van der Waals surface area (Å²) >= 11 is 0. The Morgan fingerprint density at radius 3 is 2.59 bits per heavy atom. The van der Waals surface area contributed by atoms with Crippen LogP contribution in [-0.2, 0) is 6.42 Å². The minimum absolute atomic E-state index is 0.372. The molecular weight excluding hydrogens is 214 g/mol. The van der Waals surface area contributed by atoms with Gasteiger partial charge in [0, 0.05) is 11.9 Å². The largest absolute Gasteiger partial charge is 0.424 e. The molecule has 0 fully saturated rings. The first-order chi connectivity index (χ1) is 8.28. The highest BCUT2D eigenvalue weighted by atomic mass is 16.5. The lowest BCUT2D eigenvalue weighted by Crippen LogP contribution is -2.02. The second-order valence-electron chi connectivity index (χ2n) is 3.77. The highest BCUT2D eigenvalue weighted by molar-refractivity contribution is 5.29. The Morgan fingerprint density at radius 2 is 1.94 bits per heavy atom. The van der Waals surface area contributed by atoms with Crippen LogP contribution in [0.15, 0.2) is 36.5 Å². The van der Waals surface area contributed by atoms with Crippen LogP contribution in [0.2, 0.25) is 0 Å². The molecule has 88 valence electrons. The minimum Gasteiger partial charge on any atom is -0.424 e. The molecule has 2 N–H and O–H groups in total. The van der Waals surface area contributed by atoms with Crippen LogP contribution in [0.4, 0.5) is 0 Å². The van der Waals surface area contributed by atoms with Crippen LogP contribution in [0.5, 0.6) is 11.8 Å². The molecule has 0 bridgehead atoms. The summed E-state index contributed by atoms with van der Waals surface area (Å²) in [4.78, 5) is 8.21. The number of hydrogen-bond donors (Lipinski definition) is 1. The van der Waals surface area contributed by atoms with E-state index in [0.717, 1.165) is 17.9 Å². The Bertz CT molecular complexity index is 482. The van der Waals surface area contributed by atoms with Gasteiger partial charge in [0.1, 0.15) is 5.75 Å². The first-order valence-corrected chi connectivity index (χ1v) is 5.54. The SMILES string of the molecule is Cc1ccnc(Oc2ccc(CCN)cc2)n1. The van der Waals surface area contributed by atoms with Crippen molar-refractivity contribution in [3.05, 3.63) is 47.8 Å². The molecule has 0 aliphatic carbocycles. The number of benzene rings is 1. The summed E-state index contributed by atoms with van der Waals surface area (Å²) in [5.74, 6) is 0.733. The van der Waals surface area contributed by atoms with Gasteiger partial charge in [-0.15, -0.1) is 0 Å². The molecule has 1 heterocycles. The molecule has 0 atom stereocenters. The van der Waals surface area contributed by atoms with Gasteiger partial charge < -0.3 is 10.5 Å². The summed E-state index contributed by atoms with van der Waals surface area (Å²) in [5, 5.41) is 0. The van der Waals surface area contributed by atoms with Gasteiger partial charge in [0.25, 0.3) is 0 Å². The Hall–Kier alpha value is -1.94. The molecule has 0 saturated carbocycles. The molecular formula is C13H15N3O. The molecule has 0 unspecified atom stereocenters. The minimum atomic E-state index is 0.372. The molecule has 1 aromatic carbocycles. The van der Waals surface area contributed by atoms with Crippen LogP contribution in [-0.4, -0.2) is 16.5 Å². The van der Waals surface area contributed by atoms with E-state index in [2.05, 4.69) is 9.97 Å². The number of ether oxygens (including phenoxy) is 1. The number of rotatable bonds is 4. The Morgan fingerprint density at radius 1 is 1.18 bits per heavy atom. The van der Waals surface area contributed by atoms with Crippen molar-refractivity contribution >= 4 is 0 Å². The molecule has 2 aromatic rings. The van der Waals surface area contributed by atoms with Gasteiger partial charge in [-0.25, -0.2) is 9.97 Å². The maximum atomic E-state index is 5.54. The molecule has 0 saturated heterocycles. The van der Waals surface area contributed by atoms with Crippen LogP contribution in [0.3, 0.4) is 0 Å². The van der Waals surface area contributed by atoms with E-state index < -0.39 is 0 Å². The fourth-order valence-corrected chi connectivity index (χ4v) is 1.47. The second-order valence-corrected chi connectivity index (χ2v) is 3.77. The molecule has 1 aromatic heterocycles. The summed E-state index contributed by atoms with van der Waals surface area (Å²) < 4.78 is 5.54. The quantitative estimate of drug-likeness (QED) is 0.872. The van der Waals surface area contributed by atoms with Gasteiger partial charge in [-0.05, 0) is 43.7 Å². The van der Waals surface area contributed by atoms with Crippen molar-refractivity contribution in [2.75, 3.05) is 6.54 Å². The van der Waals surface area contributed by atoms with Crippen molar-refractivity contribution in [2.45, 2.75) is 13.3 Å². The molecule has 2 rings (SSSR count). The van der Waals surface area contributed by atoms with E-state index in [4.69, 9.17) is 10.5 Å². The third-order valence-corrected chi connectivity index (χ3v) is 2.34. The number of aryl methyl sites for hydroxylation is 1. The standard InChI is InChI=1S/C13H15N3O/c1-10-7-9-15-13(16-10)17-12-4-2-11(3-5-12)6-8-14/h2-5,7,9H,6,8,14H2,1H3. The van der Waals surface area contributed by atoms with E-state index in [0.29, 0.717) is 12.6 Å². The smallest absolute Gasteiger partial charge is 0.322 e. The van der Waals surface area contributed by atoms with E-state index >= 15 is 0 Å². The van der Waals surface area contributed by atoms with E-state index in [9.17, 15) is 0 Å². The van der Waals surface area contributed by atoms with Crippen LogP contribution in [0.1, 0.15) is 11.3 Å². The Balaban J connectivity index is 2.08. The third kappa shape index (κ3) is 3.26. The molecule has 0 amide bonds. The normalized spacial score (nSPS) is 10.2. The summed E-state index contributed by atoms with van der Waals surface area (Å²) in [7, 11) is 0. The lowest BCUT2D eigenvalue weighted by atomic mass is 10.1. The van der Waals surface area contributed by atoms with Crippen molar-refractivity contribution in [3.63, 3.8) is 0 Å². The lowest BCUT2D eigenvalue weighted by Gasteiger charge is -2.05. The second kappa shape index (κ2) is 5.41. The van der Waals surface area contributed by atoms with E-state index in [1.807, 2.05) is 37.3 Å². The Labute approximate surface area is 100 Å². The molecule has 4 heteroatoms. The van der Waals surface area contributed by atoms with Crippen LogP contribution in [0.25, 0.3) is 0 Å². The fraction of sp³-hybridized carbons (Fsp3) is 0.231. The maximum absolute atomic E-state index is 5.54. The van der Waals surface area contributed by atoms with Crippen molar-refractivity contribution in [3.8, 4) is 11.8 Å². The van der Waals surface area contributed by atoms with Gasteiger partial charge in [-0.1, -0.05) is 12.1 Å². The monoisotopic (exact) mass is 229 g/mol. The Kier molecular flexibility index (Phi) is 3.67. The van der Waals surface area contributed by atoms with Gasteiger partial charge >= 0.3 is 6.01 Å². The van der Waals surface area contributed by atoms with E-state index in [-0.39, 0.29) is 0 Å². The van der Waals surface area contributed by atoms with Crippen molar-refractivity contribution in [2.24, 2.45) is 5.73 Å². The van der Waals surface area contributed by atoms with Gasteiger partial charge in [-0.2, -0.15) is 0 Å². The topological polar surface area (TPSA) is 61.0 Å². The molecule has 0 spiro atoms. The van der Waals surface area contributed by atoms with Crippen LogP contribution in [0, 0.1) is 6.92 Å². The average molecular weight is 229 g/mol. The highest BCUT2D eigenvalue weighted by Gasteiger charge is 2.00. The number of hydrogen-bond acceptors (Lipinski definition) is 4. The predicted molar refractivity (Wildman–Crippen MR) is 66.0 cm³/mol. The van der Waals surface area contributed by atoms with Crippen molar-refractivity contribution in [1.29, 1.82) is 0 Å². The summed E-state index contributed by atoms with van der Waals surface area (Å²) in [6.07, 6.45) is 2.56. The van der Waals surface area contributed by atoms with Gasteiger partial charge in [0.2, 0.25) is 0 Å². The highest BCUT2D eigenvalue weighted by Crippen LogP contribution is 2.18. The number of nitrogens with two attached hydrogens (primary N) is 1. The summed E-state index contributed by atoms with van der Waals surface area (Å²) in [6.45, 7) is 2.56. The molecule has 17 heavy (non-hydrogen) atoms. The first kappa shape index (κ1) is 11.5. The van der Waals surface area contributed by atoms with Gasteiger partial charge in [0.15, 0.2) is 0 Å². The third-order valence-electron chi connectivity index (χ3n) is 2.34. The predicted octanol–water partition coefficient (Wildman–Crippen LogP) is 2.08. The molecule has 4 nitrogen and oxygen atoms in total. The lowest BCUT2D eigenvalue weighted by molar-refractivity contribution is 0.440. The summed E-state index contributed by atoms with van der Waals surface area (Å²) in [6, 6.07) is 10.00. The molecule has 0 aliphatic rings. The van der Waals surface area contributed by atoms with Crippen molar-refractivity contribution in [1.82, 2.24) is 9.97 Å². The van der Waals surface area contributed by atoms with E-state index in [1.54, 1.807) is 6.20 Å². The zero-order valence-corrected chi connectivity index (χ0v) is 9.76. The zero-order chi connectivity index (χ0) is 12.1. The molecule has 0 radical (unpaired) electrons. The number of nitrogens with zero attached hydrogens (tertiary/aromatic N) is 2. The summed E-state index contributed by atoms with van der Waals surface area (Å²) in [5.41, 5.74) is 7.57. The van der Waals surface area contributed by atoms with Gasteiger partial charge in [0.05, 0.1) is 0 Å². The van der Waals surface area contributed by atoms with Crippen LogP contribution >= 0.6 is 0 Å². The van der Waals surface area contributed by atoms with Gasteiger partial charge in [-0.3, -0.25) is 0 Å². The zero-order valence-electron chi connectivity index (χ0n) is 9.76. The fourth-order valence-electron chi connectivity index (χ4n) is 1.47. The average Bonchev–Trinajstić information content (AvgIpc) is 2.32. The van der Waals surface area contributed by atoms with Crippen LogP contribution < -0.4 is 10.5 Å². The van der Waals surface area contributed by atoms with Crippen molar-refractivity contribution < 1.29 is 4.74 Å². The molecule has 0 aliphatic heterocycles. The number of aromatic nitrogens is 2. The first-order valence-electron chi connectivity index (χ1n) is 5.54. The maximum Gasteiger partial charge on any atom is 0.322 e. The van der Waals surface area contributed by atoms with E-state index in [1.165, 1.54) is 5.56 Å².